The van der Waals surface area contributed by atoms with E-state index < -0.39 is 0 Å². The van der Waals surface area contributed by atoms with Gasteiger partial charge in [-0.25, -0.2) is 0 Å². The Morgan fingerprint density at radius 2 is 1.13 bits per heavy atom. The van der Waals surface area contributed by atoms with Gasteiger partial charge < -0.3 is 23.1 Å². The molecule has 0 heterocycles. The Bertz CT molecular complexity index is 95.0. The SMILES string of the molecule is Br.OCCOCCOCCOCCOBr. The van der Waals surface area contributed by atoms with Crippen LogP contribution in [0.5, 0.6) is 0 Å². The maximum Gasteiger partial charge on any atom is 0.0988 e. The molecule has 5 nitrogen and oxygen atoms in total. The number of aliphatic hydroxyl groups is 1. The van der Waals surface area contributed by atoms with Crippen molar-refractivity contribution in [2.75, 3.05) is 52.9 Å². The highest BCUT2D eigenvalue weighted by atomic mass is 79.9. The largest absolute Gasteiger partial charge is 0.394 e. The van der Waals surface area contributed by atoms with Gasteiger partial charge in [-0.1, -0.05) is 0 Å². The third-order valence-corrected chi connectivity index (χ3v) is 1.61. The Kier molecular flexibility index (Phi) is 20.8. The van der Waals surface area contributed by atoms with Crippen molar-refractivity contribution in [1.29, 1.82) is 0 Å². The zero-order chi connectivity index (χ0) is 10.5. The van der Waals surface area contributed by atoms with E-state index in [1.54, 1.807) is 0 Å². The lowest BCUT2D eigenvalue weighted by molar-refractivity contribution is 0.00476. The monoisotopic (exact) mass is 352 g/mol. The van der Waals surface area contributed by atoms with Gasteiger partial charge in [-0.15, -0.1) is 17.0 Å². The Balaban J connectivity index is 0. The molecule has 0 aliphatic carbocycles. The van der Waals surface area contributed by atoms with Crippen LogP contribution >= 0.6 is 33.2 Å². The van der Waals surface area contributed by atoms with Crippen molar-refractivity contribution < 1.29 is 23.1 Å². The minimum atomic E-state index is 0. The molecular formula is C8H18Br2O5. The van der Waals surface area contributed by atoms with E-state index in [4.69, 9.17) is 19.3 Å². The van der Waals surface area contributed by atoms with E-state index in [1.165, 1.54) is 0 Å². The van der Waals surface area contributed by atoms with Crippen molar-refractivity contribution in [3.05, 3.63) is 0 Å². The van der Waals surface area contributed by atoms with Gasteiger partial charge in [0.2, 0.25) is 0 Å². The average Bonchev–Trinajstić information content (AvgIpc) is 2.21. The van der Waals surface area contributed by atoms with E-state index in [-0.39, 0.29) is 23.6 Å². The molecular weight excluding hydrogens is 336 g/mol. The van der Waals surface area contributed by atoms with E-state index in [0.717, 1.165) is 0 Å². The van der Waals surface area contributed by atoms with Gasteiger partial charge in [-0.3, -0.25) is 0 Å². The van der Waals surface area contributed by atoms with Crippen LogP contribution in [0.1, 0.15) is 0 Å². The van der Waals surface area contributed by atoms with Gasteiger partial charge in [0.1, 0.15) is 0 Å². The van der Waals surface area contributed by atoms with Crippen LogP contribution in [0.4, 0.5) is 0 Å². The molecule has 0 aromatic heterocycles. The number of ether oxygens (including phenoxy) is 3. The summed E-state index contributed by atoms with van der Waals surface area (Å²) in [5.41, 5.74) is 0. The summed E-state index contributed by atoms with van der Waals surface area (Å²) < 4.78 is 19.9. The van der Waals surface area contributed by atoms with Crippen LogP contribution < -0.4 is 0 Å². The van der Waals surface area contributed by atoms with Crippen molar-refractivity contribution in [2.45, 2.75) is 0 Å². The second-order valence-corrected chi connectivity index (χ2v) is 2.83. The minimum absolute atomic E-state index is 0. The molecule has 0 saturated heterocycles. The molecule has 7 heteroatoms. The predicted molar refractivity (Wildman–Crippen MR) is 64.7 cm³/mol. The number of halogens is 2. The van der Waals surface area contributed by atoms with Gasteiger partial charge in [0.25, 0.3) is 0 Å². The molecule has 1 N–H and O–H groups in total. The van der Waals surface area contributed by atoms with Crippen LogP contribution in [0.25, 0.3) is 0 Å². The maximum atomic E-state index is 8.39. The molecule has 0 aliphatic rings. The van der Waals surface area contributed by atoms with E-state index in [2.05, 4.69) is 20.1 Å². The molecule has 0 rings (SSSR count). The molecule has 0 unspecified atom stereocenters. The van der Waals surface area contributed by atoms with Gasteiger partial charge in [0.05, 0.1) is 69.1 Å². The molecule has 0 aromatic rings. The fourth-order valence-electron chi connectivity index (χ4n) is 0.697. The fraction of sp³-hybridized carbons (Fsp3) is 1.00. The molecule has 15 heavy (non-hydrogen) atoms. The number of hydrogen-bond acceptors (Lipinski definition) is 5. The van der Waals surface area contributed by atoms with Crippen LogP contribution in [-0.4, -0.2) is 58.0 Å². The topological polar surface area (TPSA) is 57.2 Å². The molecule has 0 amide bonds. The number of hydrogen-bond donors (Lipinski definition) is 1. The molecule has 0 aromatic carbocycles. The summed E-state index contributed by atoms with van der Waals surface area (Å²) in [6.45, 7) is 3.62. The van der Waals surface area contributed by atoms with Crippen LogP contribution in [0.15, 0.2) is 0 Å². The second-order valence-electron chi connectivity index (χ2n) is 2.37. The van der Waals surface area contributed by atoms with Crippen molar-refractivity contribution in [1.82, 2.24) is 0 Å². The second kappa shape index (κ2) is 17.2. The van der Waals surface area contributed by atoms with E-state index in [1.807, 2.05) is 0 Å². The standard InChI is InChI=1S/C8H17BrO5.BrH/c9-14-8-7-13-6-5-12-4-3-11-2-1-10;/h10H,1-8H2;1H. The molecule has 0 aliphatic heterocycles. The molecule has 94 valence electrons. The highest BCUT2D eigenvalue weighted by molar-refractivity contribution is 9.06. The third-order valence-electron chi connectivity index (χ3n) is 1.28. The first-order chi connectivity index (χ1) is 6.91. The number of rotatable bonds is 11. The summed E-state index contributed by atoms with van der Waals surface area (Å²) in [6.07, 6.45) is 0. The lowest BCUT2D eigenvalue weighted by Gasteiger charge is -2.05. The smallest absolute Gasteiger partial charge is 0.0988 e. The zero-order valence-corrected chi connectivity index (χ0v) is 11.8. The van der Waals surface area contributed by atoms with Gasteiger partial charge in [0.15, 0.2) is 0 Å². The van der Waals surface area contributed by atoms with Crippen molar-refractivity contribution in [3.8, 4) is 0 Å². The van der Waals surface area contributed by atoms with E-state index in [9.17, 15) is 0 Å². The molecule has 0 atom stereocenters. The van der Waals surface area contributed by atoms with Gasteiger partial charge in [0, 0.05) is 0 Å². The first-order valence-electron chi connectivity index (χ1n) is 4.49. The average molecular weight is 354 g/mol. The predicted octanol–water partition coefficient (Wildman–Crippen LogP) is 0.933. The minimum Gasteiger partial charge on any atom is -0.394 e. The highest BCUT2D eigenvalue weighted by Crippen LogP contribution is 1.85. The fourth-order valence-corrected chi connectivity index (χ4v) is 0.829. The highest BCUT2D eigenvalue weighted by Gasteiger charge is 1.90. The van der Waals surface area contributed by atoms with Crippen molar-refractivity contribution in [2.24, 2.45) is 0 Å². The van der Waals surface area contributed by atoms with Crippen LogP contribution in [0.3, 0.4) is 0 Å². The van der Waals surface area contributed by atoms with Gasteiger partial charge in [-0.05, 0) is 0 Å². The first-order valence-corrected chi connectivity index (χ1v) is 5.14. The van der Waals surface area contributed by atoms with Crippen molar-refractivity contribution >= 4 is 33.2 Å². The number of aliphatic hydroxyl groups excluding tert-OH is 1. The van der Waals surface area contributed by atoms with E-state index >= 15 is 0 Å². The molecule has 0 spiro atoms. The Hall–Kier alpha value is 0.760. The molecule has 0 bridgehead atoms. The summed E-state index contributed by atoms with van der Waals surface area (Å²) in [7, 11) is 0. The Morgan fingerprint density at radius 1 is 0.733 bits per heavy atom. The van der Waals surface area contributed by atoms with Crippen LogP contribution in [-0.2, 0) is 18.0 Å². The summed E-state index contributed by atoms with van der Waals surface area (Å²) in [6, 6.07) is 0. The molecule has 0 fully saturated rings. The quantitative estimate of drug-likeness (QED) is 0.560. The summed E-state index contributed by atoms with van der Waals surface area (Å²) in [5, 5.41) is 8.39. The summed E-state index contributed by atoms with van der Waals surface area (Å²) in [5.74, 6) is 0. The van der Waals surface area contributed by atoms with Crippen molar-refractivity contribution in [3.63, 3.8) is 0 Å². The lowest BCUT2D eigenvalue weighted by atomic mass is 10.7. The lowest BCUT2D eigenvalue weighted by Crippen LogP contribution is -2.11. The van der Waals surface area contributed by atoms with Crippen LogP contribution in [0, 0.1) is 0 Å². The Labute approximate surface area is 109 Å². The van der Waals surface area contributed by atoms with Gasteiger partial charge >= 0.3 is 0 Å². The Morgan fingerprint density at radius 3 is 1.53 bits per heavy atom. The van der Waals surface area contributed by atoms with Gasteiger partial charge in [-0.2, -0.15) is 0 Å². The molecule has 0 radical (unpaired) electrons. The van der Waals surface area contributed by atoms with E-state index in [0.29, 0.717) is 46.2 Å². The summed E-state index contributed by atoms with van der Waals surface area (Å²) in [4.78, 5) is 0. The third kappa shape index (κ3) is 17.4. The first kappa shape index (κ1) is 18.1. The molecule has 0 saturated carbocycles. The zero-order valence-electron chi connectivity index (χ0n) is 8.52. The maximum absolute atomic E-state index is 8.39. The van der Waals surface area contributed by atoms with Crippen LogP contribution in [0.2, 0.25) is 0 Å². The summed E-state index contributed by atoms with van der Waals surface area (Å²) >= 11 is 2.82. The normalized spacial score (nSPS) is 10.0.